The van der Waals surface area contributed by atoms with Gasteiger partial charge in [0.25, 0.3) is 0 Å². The van der Waals surface area contributed by atoms with E-state index in [9.17, 15) is 9.59 Å². The van der Waals surface area contributed by atoms with Gasteiger partial charge in [-0.2, -0.15) is 5.10 Å². The Kier molecular flexibility index (Phi) is 4.86. The highest BCUT2D eigenvalue weighted by Crippen LogP contribution is 2.23. The van der Waals surface area contributed by atoms with Crippen molar-refractivity contribution in [2.45, 2.75) is 45.9 Å². The number of aliphatic hydroxyl groups excluding tert-OH is 1. The van der Waals surface area contributed by atoms with Crippen molar-refractivity contribution in [1.82, 2.24) is 19.2 Å². The Morgan fingerprint density at radius 3 is 2.77 bits per heavy atom. The fourth-order valence-electron chi connectivity index (χ4n) is 2.93. The zero-order chi connectivity index (χ0) is 18.9. The molecule has 0 spiro atoms. The Morgan fingerprint density at radius 2 is 2.08 bits per heavy atom. The zero-order valence-corrected chi connectivity index (χ0v) is 15.3. The molecule has 1 aliphatic rings. The number of amides is 1. The number of nitrogens with zero attached hydrogens (tertiary/aromatic N) is 4. The molecule has 0 saturated carbocycles. The Labute approximate surface area is 151 Å². The average molecular weight is 360 g/mol. The second kappa shape index (κ2) is 6.95. The van der Waals surface area contributed by atoms with Gasteiger partial charge < -0.3 is 14.7 Å². The van der Waals surface area contributed by atoms with E-state index in [-0.39, 0.29) is 24.9 Å². The van der Waals surface area contributed by atoms with Crippen molar-refractivity contribution in [3.8, 4) is 5.69 Å². The van der Waals surface area contributed by atoms with Crippen molar-refractivity contribution >= 4 is 6.09 Å². The molecule has 1 aromatic carbocycles. The van der Waals surface area contributed by atoms with Crippen LogP contribution in [0.4, 0.5) is 4.79 Å². The predicted octanol–water partition coefficient (Wildman–Crippen LogP) is 1.32. The molecule has 8 nitrogen and oxygen atoms in total. The smallest absolute Gasteiger partial charge is 0.410 e. The largest absolute Gasteiger partial charge is 0.444 e. The van der Waals surface area contributed by atoms with Gasteiger partial charge >= 0.3 is 11.8 Å². The van der Waals surface area contributed by atoms with Crippen LogP contribution in [0, 0.1) is 0 Å². The molecule has 0 radical (unpaired) electrons. The lowest BCUT2D eigenvalue weighted by molar-refractivity contribution is 0.0224. The third-order valence-corrected chi connectivity index (χ3v) is 4.18. The van der Waals surface area contributed by atoms with Crippen LogP contribution in [0.15, 0.2) is 29.3 Å². The molecule has 0 aliphatic carbocycles. The molecule has 140 valence electrons. The van der Waals surface area contributed by atoms with E-state index in [1.165, 1.54) is 15.6 Å². The second-order valence-corrected chi connectivity index (χ2v) is 7.34. The molecular weight excluding hydrogens is 336 g/mol. The normalized spacial score (nSPS) is 14.2. The van der Waals surface area contributed by atoms with Gasteiger partial charge in [0.05, 0.1) is 18.8 Å². The maximum Gasteiger partial charge on any atom is 0.410 e. The summed E-state index contributed by atoms with van der Waals surface area (Å²) >= 11 is 0. The number of aromatic nitrogens is 3. The molecule has 0 bridgehead atoms. The van der Waals surface area contributed by atoms with E-state index < -0.39 is 5.60 Å². The summed E-state index contributed by atoms with van der Waals surface area (Å²) in [6, 6.07) is 5.72. The van der Waals surface area contributed by atoms with Crippen LogP contribution in [0.5, 0.6) is 0 Å². The molecule has 2 aromatic rings. The zero-order valence-electron chi connectivity index (χ0n) is 15.3. The van der Waals surface area contributed by atoms with Crippen LogP contribution in [-0.4, -0.2) is 49.2 Å². The maximum absolute atomic E-state index is 12.3. The number of benzene rings is 1. The summed E-state index contributed by atoms with van der Waals surface area (Å²) in [4.78, 5) is 26.2. The van der Waals surface area contributed by atoms with Crippen molar-refractivity contribution in [3.05, 3.63) is 46.1 Å². The van der Waals surface area contributed by atoms with E-state index in [1.54, 1.807) is 4.90 Å². The minimum atomic E-state index is -0.517. The maximum atomic E-state index is 12.3. The SMILES string of the molecule is CC(C)(C)OC(=O)N1CCc2cc(-n3cnn(CCO)c3=O)ccc2C1. The van der Waals surface area contributed by atoms with Crippen LogP contribution in [0.25, 0.3) is 5.69 Å². The Hall–Kier alpha value is -2.61. The molecule has 0 atom stereocenters. The first-order valence-corrected chi connectivity index (χ1v) is 8.64. The van der Waals surface area contributed by atoms with Crippen LogP contribution in [-0.2, 0) is 24.2 Å². The van der Waals surface area contributed by atoms with Crippen LogP contribution in [0.2, 0.25) is 0 Å². The first-order valence-electron chi connectivity index (χ1n) is 8.64. The highest BCUT2D eigenvalue weighted by molar-refractivity contribution is 5.68. The first-order chi connectivity index (χ1) is 12.3. The summed E-state index contributed by atoms with van der Waals surface area (Å²) < 4.78 is 8.12. The van der Waals surface area contributed by atoms with Crippen molar-refractivity contribution < 1.29 is 14.6 Å². The summed E-state index contributed by atoms with van der Waals surface area (Å²) in [5.74, 6) is 0. The van der Waals surface area contributed by atoms with Gasteiger partial charge in [0, 0.05) is 13.1 Å². The summed E-state index contributed by atoms with van der Waals surface area (Å²) in [6.45, 7) is 6.65. The minimum absolute atomic E-state index is 0.137. The topological polar surface area (TPSA) is 89.6 Å². The van der Waals surface area contributed by atoms with Crippen molar-refractivity contribution in [2.75, 3.05) is 13.2 Å². The number of carbonyl (C=O) groups excluding carboxylic acids is 1. The molecule has 8 heteroatoms. The van der Waals surface area contributed by atoms with Crippen LogP contribution < -0.4 is 5.69 Å². The Balaban J connectivity index is 1.79. The van der Waals surface area contributed by atoms with E-state index in [4.69, 9.17) is 9.84 Å². The predicted molar refractivity (Wildman–Crippen MR) is 95.3 cm³/mol. The number of carbonyl (C=O) groups is 1. The molecule has 2 heterocycles. The molecule has 3 rings (SSSR count). The summed E-state index contributed by atoms with van der Waals surface area (Å²) in [7, 11) is 0. The lowest BCUT2D eigenvalue weighted by Gasteiger charge is -2.31. The number of fused-ring (bicyclic) bond motifs is 1. The van der Waals surface area contributed by atoms with E-state index in [1.807, 2.05) is 39.0 Å². The molecule has 0 fully saturated rings. The fraction of sp³-hybridized carbons (Fsp3) is 0.500. The van der Waals surface area contributed by atoms with Gasteiger partial charge in [-0.05, 0) is 50.5 Å². The van der Waals surface area contributed by atoms with E-state index in [2.05, 4.69) is 5.10 Å². The van der Waals surface area contributed by atoms with Gasteiger partial charge in [-0.1, -0.05) is 6.07 Å². The number of hydrogen-bond donors (Lipinski definition) is 1. The number of hydrogen-bond acceptors (Lipinski definition) is 5. The molecule has 1 amide bonds. The summed E-state index contributed by atoms with van der Waals surface area (Å²) in [6.07, 6.45) is 1.84. The van der Waals surface area contributed by atoms with Crippen molar-refractivity contribution in [1.29, 1.82) is 0 Å². The Bertz CT molecular complexity index is 863. The minimum Gasteiger partial charge on any atom is -0.444 e. The van der Waals surface area contributed by atoms with Crippen LogP contribution in [0.1, 0.15) is 31.9 Å². The van der Waals surface area contributed by atoms with E-state index in [0.717, 1.165) is 16.8 Å². The number of rotatable bonds is 3. The third kappa shape index (κ3) is 3.80. The highest BCUT2D eigenvalue weighted by Gasteiger charge is 2.26. The fourth-order valence-corrected chi connectivity index (χ4v) is 2.93. The average Bonchev–Trinajstić information content (AvgIpc) is 2.93. The van der Waals surface area contributed by atoms with Gasteiger partial charge in [0.1, 0.15) is 11.9 Å². The van der Waals surface area contributed by atoms with Crippen LogP contribution in [0.3, 0.4) is 0 Å². The third-order valence-electron chi connectivity index (χ3n) is 4.18. The number of aliphatic hydroxyl groups is 1. The van der Waals surface area contributed by atoms with Gasteiger partial charge in [-0.15, -0.1) is 0 Å². The lowest BCUT2D eigenvalue weighted by Crippen LogP contribution is -2.39. The van der Waals surface area contributed by atoms with Crippen LogP contribution >= 0.6 is 0 Å². The molecule has 0 saturated heterocycles. The highest BCUT2D eigenvalue weighted by atomic mass is 16.6. The van der Waals surface area contributed by atoms with Crippen molar-refractivity contribution in [2.24, 2.45) is 0 Å². The van der Waals surface area contributed by atoms with E-state index in [0.29, 0.717) is 19.5 Å². The summed E-state index contributed by atoms with van der Waals surface area (Å²) in [5, 5.41) is 13.0. The molecule has 1 aliphatic heterocycles. The molecule has 26 heavy (non-hydrogen) atoms. The van der Waals surface area contributed by atoms with Gasteiger partial charge in [0.15, 0.2) is 0 Å². The molecule has 1 aromatic heterocycles. The monoisotopic (exact) mass is 360 g/mol. The van der Waals surface area contributed by atoms with Crippen molar-refractivity contribution in [3.63, 3.8) is 0 Å². The quantitative estimate of drug-likeness (QED) is 0.892. The second-order valence-electron chi connectivity index (χ2n) is 7.34. The van der Waals surface area contributed by atoms with Gasteiger partial charge in [0.2, 0.25) is 0 Å². The standard InChI is InChI=1S/C18H24N4O4/c1-18(2,3)26-17(25)20-7-6-13-10-15(5-4-14(13)11-20)21-12-19-22(8-9-23)16(21)24/h4-5,10,12,23H,6-9,11H2,1-3H3. The molecule has 1 N–H and O–H groups in total. The first kappa shape index (κ1) is 18.2. The summed E-state index contributed by atoms with van der Waals surface area (Å²) in [5.41, 5.74) is 2.07. The number of ether oxygens (including phenoxy) is 1. The van der Waals surface area contributed by atoms with Gasteiger partial charge in [-0.3, -0.25) is 0 Å². The van der Waals surface area contributed by atoms with E-state index >= 15 is 0 Å². The lowest BCUT2D eigenvalue weighted by atomic mass is 9.99. The molecule has 0 unspecified atom stereocenters. The Morgan fingerprint density at radius 1 is 1.31 bits per heavy atom. The van der Waals surface area contributed by atoms with Gasteiger partial charge in [-0.25, -0.2) is 18.8 Å². The molecular formula is C18H24N4O4.